The Kier molecular flexibility index (Phi) is 10.0. The highest BCUT2D eigenvalue weighted by molar-refractivity contribution is 6.34. The summed E-state index contributed by atoms with van der Waals surface area (Å²) in [5.74, 6) is 0. The molecular weight excluding hydrogens is 300 g/mol. The van der Waals surface area contributed by atoms with Crippen LogP contribution in [0.15, 0.2) is 30.3 Å². The highest BCUT2D eigenvalue weighted by atomic mass is 35.5. The van der Waals surface area contributed by atoms with Crippen molar-refractivity contribution in [2.45, 2.75) is 0 Å². The third kappa shape index (κ3) is 4.38. The molecule has 16 N–H and O–H groups in total. The van der Waals surface area contributed by atoms with E-state index in [1.54, 1.807) is 18.2 Å². The van der Waals surface area contributed by atoms with Crippen molar-refractivity contribution in [1.82, 2.24) is 0 Å². The van der Waals surface area contributed by atoms with Crippen molar-refractivity contribution in [3.63, 3.8) is 0 Å². The van der Waals surface area contributed by atoms with Gasteiger partial charge in [0.15, 0.2) is 0 Å². The van der Waals surface area contributed by atoms with Crippen LogP contribution in [0.1, 0.15) is 0 Å². The second kappa shape index (κ2) is 8.84. The number of rotatable bonds is 1. The van der Waals surface area contributed by atoms with E-state index in [0.717, 1.165) is 11.1 Å². The van der Waals surface area contributed by atoms with Gasteiger partial charge in [0.1, 0.15) is 0 Å². The molecule has 0 bridgehead atoms. The van der Waals surface area contributed by atoms with E-state index in [1.165, 1.54) is 0 Å². The first-order valence-electron chi connectivity index (χ1n) is 4.99. The van der Waals surface area contributed by atoms with Gasteiger partial charge in [-0.3, -0.25) is 0 Å². The van der Waals surface area contributed by atoms with Gasteiger partial charge in [0.05, 0.1) is 22.1 Å². The maximum Gasteiger partial charge on any atom is 0.0803 e. The molecular formula is C12H21ClN4O4. The predicted molar refractivity (Wildman–Crippen MR) is 89.0 cm³/mol. The zero-order valence-electron chi connectivity index (χ0n) is 11.1. The van der Waals surface area contributed by atoms with Gasteiger partial charge in [0.25, 0.3) is 0 Å². The number of nitrogen functional groups attached to an aromatic ring is 4. The Morgan fingerprint density at radius 2 is 1.14 bits per heavy atom. The molecule has 0 spiro atoms. The second-order valence-corrected chi connectivity index (χ2v) is 4.18. The molecule has 0 saturated heterocycles. The zero-order valence-corrected chi connectivity index (χ0v) is 11.8. The van der Waals surface area contributed by atoms with Crippen LogP contribution in [-0.2, 0) is 0 Å². The molecule has 8 nitrogen and oxygen atoms in total. The van der Waals surface area contributed by atoms with Gasteiger partial charge in [-0.1, -0.05) is 23.7 Å². The number of halogens is 1. The molecule has 0 heterocycles. The van der Waals surface area contributed by atoms with Crippen LogP contribution >= 0.6 is 11.6 Å². The molecule has 0 amide bonds. The largest absolute Gasteiger partial charge is 0.412 e. The van der Waals surface area contributed by atoms with Crippen LogP contribution in [0.5, 0.6) is 0 Å². The van der Waals surface area contributed by atoms with Crippen LogP contribution < -0.4 is 22.9 Å². The Hall–Kier alpha value is -2.23. The Bertz CT molecular complexity index is 578. The van der Waals surface area contributed by atoms with Gasteiger partial charge in [0, 0.05) is 11.3 Å². The maximum atomic E-state index is 5.99. The fraction of sp³-hybridized carbons (Fsp3) is 0. The Balaban J connectivity index is -0.000000810. The average Bonchev–Trinajstić information content (AvgIpc) is 2.32. The highest BCUT2D eigenvalue weighted by Gasteiger charge is 2.11. The first-order chi connectivity index (χ1) is 8.00. The van der Waals surface area contributed by atoms with Crippen LogP contribution in [0, 0.1) is 0 Å². The van der Waals surface area contributed by atoms with Gasteiger partial charge in [-0.05, 0) is 23.8 Å². The average molecular weight is 321 g/mol. The van der Waals surface area contributed by atoms with Crippen LogP contribution in [0.3, 0.4) is 0 Å². The Labute approximate surface area is 126 Å². The maximum absolute atomic E-state index is 5.99. The molecule has 0 unspecified atom stereocenters. The van der Waals surface area contributed by atoms with E-state index in [-0.39, 0.29) is 21.9 Å². The molecule has 0 atom stereocenters. The molecule has 2 aromatic carbocycles. The van der Waals surface area contributed by atoms with Crippen molar-refractivity contribution in [1.29, 1.82) is 0 Å². The van der Waals surface area contributed by atoms with Gasteiger partial charge in [-0.2, -0.15) is 0 Å². The van der Waals surface area contributed by atoms with Crippen molar-refractivity contribution in [2.75, 3.05) is 22.9 Å². The Morgan fingerprint density at radius 1 is 0.667 bits per heavy atom. The number of hydrogen-bond donors (Lipinski definition) is 4. The lowest BCUT2D eigenvalue weighted by molar-refractivity contribution is 0.823. The monoisotopic (exact) mass is 320 g/mol. The van der Waals surface area contributed by atoms with Gasteiger partial charge in [-0.15, -0.1) is 0 Å². The standard InChI is InChI=1S/C12H13ClN4.4H2O/c13-9-5-8(10(15)12(17)11(9)16)6-1-3-7(14)4-2-6;;;;/h1-5H,14-17H2;4*1H2. The summed E-state index contributed by atoms with van der Waals surface area (Å²) >= 11 is 5.99. The summed E-state index contributed by atoms with van der Waals surface area (Å²) in [5.41, 5.74) is 26.4. The molecule has 9 heteroatoms. The molecule has 0 fully saturated rings. The molecule has 0 aliphatic carbocycles. The molecule has 120 valence electrons. The van der Waals surface area contributed by atoms with Crippen LogP contribution in [0.25, 0.3) is 11.1 Å². The van der Waals surface area contributed by atoms with E-state index in [1.807, 2.05) is 12.1 Å². The normalized spacial score (nSPS) is 8.43. The van der Waals surface area contributed by atoms with Gasteiger partial charge in [0.2, 0.25) is 0 Å². The minimum atomic E-state index is 0. The van der Waals surface area contributed by atoms with Crippen molar-refractivity contribution >= 4 is 34.4 Å². The summed E-state index contributed by atoms with van der Waals surface area (Å²) in [6, 6.07) is 8.98. The summed E-state index contributed by atoms with van der Waals surface area (Å²) in [6.07, 6.45) is 0. The molecule has 2 rings (SSSR count). The Morgan fingerprint density at radius 3 is 1.62 bits per heavy atom. The fourth-order valence-corrected chi connectivity index (χ4v) is 1.81. The van der Waals surface area contributed by atoms with Gasteiger partial charge in [-0.25, -0.2) is 0 Å². The number of hydrogen-bond acceptors (Lipinski definition) is 4. The van der Waals surface area contributed by atoms with Crippen LogP contribution in [0.4, 0.5) is 22.7 Å². The molecule has 0 radical (unpaired) electrons. The van der Waals surface area contributed by atoms with E-state index < -0.39 is 0 Å². The lowest BCUT2D eigenvalue weighted by atomic mass is 10.0. The number of benzene rings is 2. The van der Waals surface area contributed by atoms with Crippen LogP contribution in [-0.4, -0.2) is 21.9 Å². The molecule has 0 aliphatic rings. The first kappa shape index (κ1) is 23.8. The van der Waals surface area contributed by atoms with Crippen molar-refractivity contribution in [2.24, 2.45) is 0 Å². The van der Waals surface area contributed by atoms with Crippen molar-refractivity contribution in [3.05, 3.63) is 35.4 Å². The third-order valence-corrected chi connectivity index (χ3v) is 2.93. The number of anilines is 4. The van der Waals surface area contributed by atoms with E-state index >= 15 is 0 Å². The SMILES string of the molecule is Nc1ccc(-c2cc(Cl)c(N)c(N)c2N)cc1.O.O.O.O. The van der Waals surface area contributed by atoms with Crippen molar-refractivity contribution < 1.29 is 21.9 Å². The smallest absolute Gasteiger partial charge is 0.0803 e. The topological polar surface area (TPSA) is 230 Å². The molecule has 0 aromatic heterocycles. The highest BCUT2D eigenvalue weighted by Crippen LogP contribution is 2.38. The second-order valence-electron chi connectivity index (χ2n) is 3.77. The zero-order chi connectivity index (χ0) is 12.6. The quantitative estimate of drug-likeness (QED) is 0.485. The number of nitrogens with two attached hydrogens (primary N) is 4. The molecule has 0 saturated carbocycles. The summed E-state index contributed by atoms with van der Waals surface area (Å²) in [5, 5.41) is 0.392. The lowest BCUT2D eigenvalue weighted by Gasteiger charge is -2.12. The summed E-state index contributed by atoms with van der Waals surface area (Å²) < 4.78 is 0. The third-order valence-electron chi connectivity index (χ3n) is 2.62. The lowest BCUT2D eigenvalue weighted by Crippen LogP contribution is -2.02. The summed E-state index contributed by atoms with van der Waals surface area (Å²) in [6.45, 7) is 0. The van der Waals surface area contributed by atoms with Crippen molar-refractivity contribution in [3.8, 4) is 11.1 Å². The minimum Gasteiger partial charge on any atom is -0.412 e. The van der Waals surface area contributed by atoms with E-state index in [9.17, 15) is 0 Å². The van der Waals surface area contributed by atoms with E-state index in [0.29, 0.717) is 27.8 Å². The summed E-state index contributed by atoms with van der Waals surface area (Å²) in [4.78, 5) is 0. The molecule has 0 aliphatic heterocycles. The predicted octanol–water partition coefficient (Wildman–Crippen LogP) is -0.963. The van der Waals surface area contributed by atoms with Gasteiger partial charge < -0.3 is 44.8 Å². The van der Waals surface area contributed by atoms with E-state index in [2.05, 4.69) is 0 Å². The first-order valence-corrected chi connectivity index (χ1v) is 5.37. The van der Waals surface area contributed by atoms with E-state index in [4.69, 9.17) is 34.5 Å². The van der Waals surface area contributed by atoms with Crippen LogP contribution in [0.2, 0.25) is 5.02 Å². The molecule has 2 aromatic rings. The molecule has 21 heavy (non-hydrogen) atoms. The minimum absolute atomic E-state index is 0. The fourth-order valence-electron chi connectivity index (χ4n) is 1.60. The summed E-state index contributed by atoms with van der Waals surface area (Å²) in [7, 11) is 0. The van der Waals surface area contributed by atoms with Gasteiger partial charge >= 0.3 is 0 Å².